The Morgan fingerprint density at radius 2 is 2.20 bits per heavy atom. The van der Waals surface area contributed by atoms with E-state index in [4.69, 9.17) is 5.11 Å². The largest absolute Gasteiger partial charge is 0.480 e. The minimum atomic E-state index is -1.22. The number of tetrazole rings is 1. The maximum absolute atomic E-state index is 11.6. The van der Waals surface area contributed by atoms with Crippen molar-refractivity contribution in [1.29, 1.82) is 0 Å². The van der Waals surface area contributed by atoms with Gasteiger partial charge in [0, 0.05) is 6.42 Å². The molecule has 0 bridgehead atoms. The first-order valence-electron chi connectivity index (χ1n) is 5.91. The minimum Gasteiger partial charge on any atom is -0.480 e. The van der Waals surface area contributed by atoms with Gasteiger partial charge in [-0.25, -0.2) is 9.48 Å². The van der Waals surface area contributed by atoms with Gasteiger partial charge in [-0.05, 0) is 23.8 Å². The summed E-state index contributed by atoms with van der Waals surface area (Å²) in [6, 6.07) is -1.16. The van der Waals surface area contributed by atoms with E-state index in [-0.39, 0.29) is 26.0 Å². The van der Waals surface area contributed by atoms with Crippen LogP contribution in [0.4, 0.5) is 0 Å². The normalized spacial score (nSPS) is 11.7. The average molecular weight is 285 g/mol. The number of carboxylic acid groups (broad SMARTS) is 1. The summed E-state index contributed by atoms with van der Waals surface area (Å²) in [6.07, 6.45) is 1.10. The number of nitrogens with one attached hydrogen (secondary N) is 1. The smallest absolute Gasteiger partial charge is 0.326 e. The zero-order valence-corrected chi connectivity index (χ0v) is 10.9. The Balaban J connectivity index is 2.44. The van der Waals surface area contributed by atoms with Crippen LogP contribution in [0.3, 0.4) is 0 Å². The molecular weight excluding hydrogens is 270 g/mol. The second-order valence-electron chi connectivity index (χ2n) is 3.81. The maximum atomic E-state index is 11.6. The summed E-state index contributed by atoms with van der Waals surface area (Å²) in [7, 11) is 0. The highest BCUT2D eigenvalue weighted by Gasteiger charge is 2.21. The number of carbonyl (C=O) groups is 3. The molecule has 20 heavy (non-hydrogen) atoms. The van der Waals surface area contributed by atoms with Gasteiger partial charge in [0.2, 0.25) is 5.91 Å². The molecule has 0 aliphatic rings. The van der Waals surface area contributed by atoms with Crippen LogP contribution in [0, 0.1) is 0 Å². The van der Waals surface area contributed by atoms with Crippen molar-refractivity contribution in [3.8, 4) is 0 Å². The van der Waals surface area contributed by atoms with Crippen molar-refractivity contribution in [1.82, 2.24) is 25.5 Å². The van der Waals surface area contributed by atoms with E-state index < -0.39 is 23.9 Å². The zero-order chi connectivity index (χ0) is 15.0. The molecule has 1 rings (SSSR count). The highest BCUT2D eigenvalue weighted by Crippen LogP contribution is 2.00. The van der Waals surface area contributed by atoms with Crippen LogP contribution in [0.1, 0.15) is 19.8 Å². The average Bonchev–Trinajstić information content (AvgIpc) is 2.87. The lowest BCUT2D eigenvalue weighted by Crippen LogP contribution is -2.42. The third-order valence-electron chi connectivity index (χ3n) is 2.27. The van der Waals surface area contributed by atoms with E-state index in [1.54, 1.807) is 6.92 Å². The molecule has 10 heteroatoms. The second-order valence-corrected chi connectivity index (χ2v) is 3.81. The Morgan fingerprint density at radius 1 is 1.45 bits per heavy atom. The lowest BCUT2D eigenvalue weighted by molar-refractivity contribution is -0.145. The molecule has 0 aromatic carbocycles. The van der Waals surface area contributed by atoms with Gasteiger partial charge in [0.05, 0.1) is 6.61 Å². The summed E-state index contributed by atoms with van der Waals surface area (Å²) in [5, 5.41) is 21.4. The molecule has 110 valence electrons. The number of nitrogens with zero attached hydrogens (tertiary/aromatic N) is 4. The van der Waals surface area contributed by atoms with Crippen molar-refractivity contribution >= 4 is 17.8 Å². The molecule has 0 unspecified atom stereocenters. The number of carboxylic acids is 1. The fourth-order valence-corrected chi connectivity index (χ4v) is 1.39. The van der Waals surface area contributed by atoms with Crippen LogP contribution in [-0.2, 0) is 25.7 Å². The van der Waals surface area contributed by atoms with Crippen molar-refractivity contribution < 1.29 is 24.2 Å². The van der Waals surface area contributed by atoms with E-state index in [1.165, 1.54) is 6.33 Å². The number of aromatic nitrogens is 4. The lowest BCUT2D eigenvalue weighted by atomic mass is 10.1. The third kappa shape index (κ3) is 5.42. The monoisotopic (exact) mass is 285 g/mol. The van der Waals surface area contributed by atoms with Crippen LogP contribution in [-0.4, -0.2) is 55.8 Å². The predicted octanol–water partition coefficient (Wildman–Crippen LogP) is -1.41. The van der Waals surface area contributed by atoms with Gasteiger partial charge in [0.15, 0.2) is 0 Å². The molecule has 10 nitrogen and oxygen atoms in total. The Morgan fingerprint density at radius 3 is 2.75 bits per heavy atom. The van der Waals surface area contributed by atoms with Gasteiger partial charge in [-0.2, -0.15) is 0 Å². The summed E-state index contributed by atoms with van der Waals surface area (Å²) in [5.41, 5.74) is 0. The SMILES string of the molecule is CCOC(=O)CC[C@H](NC(=O)Cn1cnnn1)C(=O)O. The fraction of sp³-hybridized carbons (Fsp3) is 0.600. The summed E-state index contributed by atoms with van der Waals surface area (Å²) in [4.78, 5) is 33.7. The molecule has 2 N–H and O–H groups in total. The van der Waals surface area contributed by atoms with Crippen LogP contribution in [0.2, 0.25) is 0 Å². The maximum Gasteiger partial charge on any atom is 0.326 e. The van der Waals surface area contributed by atoms with E-state index in [0.29, 0.717) is 0 Å². The quantitative estimate of drug-likeness (QED) is 0.556. The van der Waals surface area contributed by atoms with Crippen LogP contribution in [0.25, 0.3) is 0 Å². The van der Waals surface area contributed by atoms with Crippen LogP contribution >= 0.6 is 0 Å². The fourth-order valence-electron chi connectivity index (χ4n) is 1.39. The van der Waals surface area contributed by atoms with Crippen molar-refractivity contribution in [3.63, 3.8) is 0 Å². The van der Waals surface area contributed by atoms with Gasteiger partial charge in [0.1, 0.15) is 18.9 Å². The van der Waals surface area contributed by atoms with Crippen LogP contribution < -0.4 is 5.32 Å². The molecule has 0 spiro atoms. The van der Waals surface area contributed by atoms with Crippen LogP contribution in [0.5, 0.6) is 0 Å². The van der Waals surface area contributed by atoms with Gasteiger partial charge in [0.25, 0.3) is 0 Å². The number of hydrogen-bond acceptors (Lipinski definition) is 7. The Labute approximate surface area is 114 Å². The standard InChI is InChI=1S/C10H15N5O5/c1-2-20-9(17)4-3-7(10(18)19)12-8(16)5-15-6-11-13-14-15/h6-7H,2-5H2,1H3,(H,12,16)(H,18,19)/t7-/m0/s1. The molecule has 0 aliphatic heterocycles. The number of carbonyl (C=O) groups excluding carboxylic acids is 2. The highest BCUT2D eigenvalue weighted by molar-refractivity contribution is 5.83. The molecule has 1 amide bonds. The van der Waals surface area contributed by atoms with Gasteiger partial charge in [-0.1, -0.05) is 0 Å². The molecular formula is C10H15N5O5. The number of ether oxygens (including phenoxy) is 1. The molecule has 1 heterocycles. The van der Waals surface area contributed by atoms with E-state index in [2.05, 4.69) is 25.6 Å². The summed E-state index contributed by atoms with van der Waals surface area (Å²) in [5.74, 6) is -2.29. The lowest BCUT2D eigenvalue weighted by Gasteiger charge is -2.13. The van der Waals surface area contributed by atoms with Gasteiger partial charge in [-0.3, -0.25) is 9.59 Å². The number of esters is 1. The molecule has 0 radical (unpaired) electrons. The number of hydrogen-bond donors (Lipinski definition) is 2. The molecule has 0 saturated heterocycles. The van der Waals surface area contributed by atoms with Crippen molar-refractivity contribution in [2.45, 2.75) is 32.4 Å². The number of aliphatic carboxylic acids is 1. The molecule has 1 aromatic heterocycles. The highest BCUT2D eigenvalue weighted by atomic mass is 16.5. The van der Waals surface area contributed by atoms with Gasteiger partial charge in [-0.15, -0.1) is 5.10 Å². The first-order chi connectivity index (χ1) is 9.52. The number of rotatable bonds is 8. The Hall–Kier alpha value is -2.52. The van der Waals surface area contributed by atoms with E-state index in [1.807, 2.05) is 0 Å². The predicted molar refractivity (Wildman–Crippen MR) is 63.3 cm³/mol. The minimum absolute atomic E-state index is 0.0461. The topological polar surface area (TPSA) is 136 Å². The van der Waals surface area contributed by atoms with E-state index in [9.17, 15) is 14.4 Å². The summed E-state index contributed by atoms with van der Waals surface area (Å²) >= 11 is 0. The van der Waals surface area contributed by atoms with Gasteiger partial charge >= 0.3 is 11.9 Å². The zero-order valence-electron chi connectivity index (χ0n) is 10.9. The van der Waals surface area contributed by atoms with Crippen molar-refractivity contribution in [3.05, 3.63) is 6.33 Å². The summed E-state index contributed by atoms with van der Waals surface area (Å²) in [6.45, 7) is 1.68. The molecule has 0 fully saturated rings. The van der Waals surface area contributed by atoms with Crippen molar-refractivity contribution in [2.75, 3.05) is 6.61 Å². The first-order valence-corrected chi connectivity index (χ1v) is 5.91. The molecule has 1 aromatic rings. The Bertz CT molecular complexity index is 461. The van der Waals surface area contributed by atoms with Crippen LogP contribution in [0.15, 0.2) is 6.33 Å². The second kappa shape index (κ2) is 7.81. The molecule has 0 aliphatic carbocycles. The van der Waals surface area contributed by atoms with E-state index in [0.717, 1.165) is 4.68 Å². The van der Waals surface area contributed by atoms with Gasteiger partial charge < -0.3 is 15.2 Å². The van der Waals surface area contributed by atoms with E-state index >= 15 is 0 Å². The third-order valence-corrected chi connectivity index (χ3v) is 2.27. The first kappa shape index (κ1) is 15.5. The van der Waals surface area contributed by atoms with Crippen molar-refractivity contribution in [2.24, 2.45) is 0 Å². The molecule has 0 saturated carbocycles. The Kier molecular flexibility index (Phi) is 6.07. The summed E-state index contributed by atoms with van der Waals surface area (Å²) < 4.78 is 5.84. The number of amides is 1. The molecule has 1 atom stereocenters.